The first-order valence-corrected chi connectivity index (χ1v) is 9.12. The molecule has 0 spiro atoms. The number of unbranched alkanes of at least 4 members (excludes halogenated alkanes) is 5. The van der Waals surface area contributed by atoms with E-state index in [9.17, 15) is 0 Å². The minimum absolute atomic E-state index is 0.501. The lowest BCUT2D eigenvalue weighted by atomic mass is 9.99. The van der Waals surface area contributed by atoms with Crippen LogP contribution in [0.3, 0.4) is 0 Å². The van der Waals surface area contributed by atoms with Crippen LogP contribution in [0.15, 0.2) is 18.2 Å². The Hall–Kier alpha value is -0.500. The number of hydrogen-bond acceptors (Lipinski definition) is 1. The van der Waals surface area contributed by atoms with Crippen molar-refractivity contribution in [2.75, 3.05) is 6.61 Å². The van der Waals surface area contributed by atoms with Gasteiger partial charge in [-0.2, -0.15) is 0 Å². The molecule has 1 nitrogen and oxygen atoms in total. The van der Waals surface area contributed by atoms with Crippen molar-refractivity contribution in [3.8, 4) is 5.75 Å². The average Bonchev–Trinajstić information content (AvgIpc) is 2.50. The Morgan fingerprint density at radius 1 is 1.15 bits per heavy atom. The van der Waals surface area contributed by atoms with E-state index in [0.717, 1.165) is 18.8 Å². The second-order valence-corrected chi connectivity index (χ2v) is 6.95. The summed E-state index contributed by atoms with van der Waals surface area (Å²) in [5.41, 5.74) is 2.81. The Kier molecular flexibility index (Phi) is 6.92. The summed E-state index contributed by atoms with van der Waals surface area (Å²) in [6.07, 6.45) is 11.8. The first-order chi connectivity index (χ1) is 9.81. The molecule has 0 saturated carbocycles. The third-order valence-electron chi connectivity index (χ3n) is 4.11. The van der Waals surface area contributed by atoms with E-state index in [1.54, 1.807) is 0 Å². The fraction of sp³-hybridized carbons (Fsp3) is 0.667. The van der Waals surface area contributed by atoms with Crippen LogP contribution in [0, 0.1) is 0 Å². The van der Waals surface area contributed by atoms with Gasteiger partial charge in [0.25, 0.3) is 0 Å². The number of hydrogen-bond donors (Lipinski definition) is 0. The lowest BCUT2D eigenvalue weighted by molar-refractivity contribution is 0.288. The Morgan fingerprint density at radius 3 is 2.80 bits per heavy atom. The molecular weight excluding hydrogens is 312 g/mol. The molecule has 1 aromatic rings. The van der Waals surface area contributed by atoms with Gasteiger partial charge in [0.15, 0.2) is 0 Å². The minimum atomic E-state index is 0.501. The van der Waals surface area contributed by atoms with Gasteiger partial charge in [0, 0.05) is 4.83 Å². The van der Waals surface area contributed by atoms with Crippen LogP contribution in [-0.4, -0.2) is 6.61 Å². The molecule has 1 atom stereocenters. The second-order valence-electron chi connectivity index (χ2n) is 5.84. The van der Waals surface area contributed by atoms with Crippen LogP contribution >= 0.6 is 15.9 Å². The van der Waals surface area contributed by atoms with Gasteiger partial charge in [-0.25, -0.2) is 0 Å². The summed E-state index contributed by atoms with van der Waals surface area (Å²) in [5.74, 6) is 1.10. The van der Waals surface area contributed by atoms with Crippen LogP contribution in [0.2, 0.25) is 0 Å². The number of alkyl halides is 1. The number of rotatable bonds is 8. The molecule has 0 N–H and O–H groups in total. The standard InChI is InChI=1S/C18H27BrO/c1-2-3-4-5-6-7-10-17(19)15-11-12-18-16(14-15)9-8-13-20-18/h11-12,14,17H,2-10,13H2,1H3. The lowest BCUT2D eigenvalue weighted by Crippen LogP contribution is -2.08. The highest BCUT2D eigenvalue weighted by Gasteiger charge is 2.13. The van der Waals surface area contributed by atoms with Crippen LogP contribution in [-0.2, 0) is 6.42 Å². The summed E-state index contributed by atoms with van der Waals surface area (Å²) in [5, 5.41) is 0. The molecule has 2 rings (SSSR count). The van der Waals surface area contributed by atoms with Crippen LogP contribution in [0.4, 0.5) is 0 Å². The Bertz CT molecular complexity index is 402. The summed E-state index contributed by atoms with van der Waals surface area (Å²) in [6.45, 7) is 3.15. The maximum Gasteiger partial charge on any atom is 0.122 e. The van der Waals surface area contributed by atoms with Gasteiger partial charge in [0.1, 0.15) is 5.75 Å². The topological polar surface area (TPSA) is 9.23 Å². The molecule has 0 bridgehead atoms. The smallest absolute Gasteiger partial charge is 0.122 e. The number of benzene rings is 1. The maximum atomic E-state index is 5.68. The van der Waals surface area contributed by atoms with Crippen molar-refractivity contribution in [2.24, 2.45) is 0 Å². The first-order valence-electron chi connectivity index (χ1n) is 8.21. The summed E-state index contributed by atoms with van der Waals surface area (Å²) in [4.78, 5) is 0.501. The van der Waals surface area contributed by atoms with Gasteiger partial charge in [0.2, 0.25) is 0 Å². The van der Waals surface area contributed by atoms with E-state index in [1.165, 1.54) is 62.5 Å². The van der Waals surface area contributed by atoms with Crippen molar-refractivity contribution in [3.05, 3.63) is 29.3 Å². The van der Waals surface area contributed by atoms with Gasteiger partial charge in [-0.1, -0.05) is 73.5 Å². The lowest BCUT2D eigenvalue weighted by Gasteiger charge is -2.19. The molecule has 0 amide bonds. The number of fused-ring (bicyclic) bond motifs is 1. The van der Waals surface area contributed by atoms with Gasteiger partial charge in [-0.3, -0.25) is 0 Å². The maximum absolute atomic E-state index is 5.68. The number of halogens is 1. The quantitative estimate of drug-likeness (QED) is 0.405. The van der Waals surface area contributed by atoms with Crippen molar-refractivity contribution in [2.45, 2.75) is 69.5 Å². The Balaban J connectivity index is 1.76. The fourth-order valence-corrected chi connectivity index (χ4v) is 3.45. The fourth-order valence-electron chi connectivity index (χ4n) is 2.85. The molecule has 0 fully saturated rings. The van der Waals surface area contributed by atoms with Gasteiger partial charge >= 0.3 is 0 Å². The Morgan fingerprint density at radius 2 is 1.95 bits per heavy atom. The molecule has 1 aliphatic rings. The molecule has 0 aromatic heterocycles. The van der Waals surface area contributed by atoms with E-state index < -0.39 is 0 Å². The zero-order chi connectivity index (χ0) is 14.2. The average molecular weight is 339 g/mol. The SMILES string of the molecule is CCCCCCCCC(Br)c1ccc2c(c1)CCCO2. The van der Waals surface area contributed by atoms with E-state index >= 15 is 0 Å². The summed E-state index contributed by atoms with van der Waals surface area (Å²) in [6, 6.07) is 6.71. The predicted molar refractivity (Wildman–Crippen MR) is 89.9 cm³/mol. The predicted octanol–water partition coefficient (Wildman–Crippen LogP) is 6.20. The molecule has 2 heteroatoms. The van der Waals surface area contributed by atoms with E-state index in [0.29, 0.717) is 4.83 Å². The number of ether oxygens (including phenoxy) is 1. The molecular formula is C18H27BrO. The van der Waals surface area contributed by atoms with Gasteiger partial charge < -0.3 is 4.74 Å². The van der Waals surface area contributed by atoms with Crippen molar-refractivity contribution in [1.82, 2.24) is 0 Å². The van der Waals surface area contributed by atoms with Crippen molar-refractivity contribution in [1.29, 1.82) is 0 Å². The number of aryl methyl sites for hydroxylation is 1. The molecule has 0 radical (unpaired) electrons. The summed E-state index contributed by atoms with van der Waals surface area (Å²) >= 11 is 3.86. The normalized spacial score (nSPS) is 15.5. The van der Waals surface area contributed by atoms with Gasteiger partial charge in [-0.05, 0) is 36.5 Å². The van der Waals surface area contributed by atoms with Crippen molar-refractivity contribution < 1.29 is 4.74 Å². The van der Waals surface area contributed by atoms with Crippen LogP contribution in [0.5, 0.6) is 5.75 Å². The monoisotopic (exact) mass is 338 g/mol. The Labute approximate surface area is 132 Å². The molecule has 0 aliphatic carbocycles. The van der Waals surface area contributed by atoms with Crippen molar-refractivity contribution in [3.63, 3.8) is 0 Å². The van der Waals surface area contributed by atoms with Gasteiger partial charge in [0.05, 0.1) is 6.61 Å². The molecule has 1 heterocycles. The highest BCUT2D eigenvalue weighted by atomic mass is 79.9. The molecule has 1 aromatic carbocycles. The summed E-state index contributed by atoms with van der Waals surface area (Å²) in [7, 11) is 0. The second kappa shape index (κ2) is 8.71. The largest absolute Gasteiger partial charge is 0.493 e. The molecule has 112 valence electrons. The highest BCUT2D eigenvalue weighted by molar-refractivity contribution is 9.09. The van der Waals surface area contributed by atoms with E-state index in [4.69, 9.17) is 4.74 Å². The minimum Gasteiger partial charge on any atom is -0.493 e. The van der Waals surface area contributed by atoms with Crippen LogP contribution in [0.1, 0.15) is 74.2 Å². The van der Waals surface area contributed by atoms with Crippen molar-refractivity contribution >= 4 is 15.9 Å². The van der Waals surface area contributed by atoms with E-state index in [2.05, 4.69) is 41.1 Å². The first kappa shape index (κ1) is 15.9. The van der Waals surface area contributed by atoms with Crippen LogP contribution in [0.25, 0.3) is 0 Å². The zero-order valence-corrected chi connectivity index (χ0v) is 14.3. The third kappa shape index (κ3) is 4.80. The van der Waals surface area contributed by atoms with E-state index in [1.807, 2.05) is 0 Å². The zero-order valence-electron chi connectivity index (χ0n) is 12.7. The molecule has 20 heavy (non-hydrogen) atoms. The molecule has 1 aliphatic heterocycles. The van der Waals surface area contributed by atoms with Crippen LogP contribution < -0.4 is 4.74 Å². The van der Waals surface area contributed by atoms with Gasteiger partial charge in [-0.15, -0.1) is 0 Å². The summed E-state index contributed by atoms with van der Waals surface area (Å²) < 4.78 is 5.68. The molecule has 0 saturated heterocycles. The molecule has 1 unspecified atom stereocenters. The third-order valence-corrected chi connectivity index (χ3v) is 5.09. The highest BCUT2D eigenvalue weighted by Crippen LogP contribution is 2.33. The van der Waals surface area contributed by atoms with E-state index in [-0.39, 0.29) is 0 Å².